The average molecular weight is 387 g/mol. The van der Waals surface area contributed by atoms with Crippen molar-refractivity contribution < 1.29 is 15.9 Å². The molecule has 6 heteroatoms. The first-order valence-electron chi connectivity index (χ1n) is 9.29. The number of urea groups is 1. The van der Waals surface area contributed by atoms with E-state index in [1.54, 1.807) is 12.1 Å². The van der Waals surface area contributed by atoms with Crippen molar-refractivity contribution in [3.63, 3.8) is 0 Å². The predicted octanol–water partition coefficient (Wildman–Crippen LogP) is 2.09. The van der Waals surface area contributed by atoms with E-state index in [0.717, 1.165) is 37.9 Å². The van der Waals surface area contributed by atoms with Gasteiger partial charge in [0, 0.05) is 29.2 Å². The van der Waals surface area contributed by atoms with Crippen LogP contribution in [0.4, 0.5) is 10.5 Å². The Kier molecular flexibility index (Phi) is 6.14. The molecule has 1 aliphatic rings. The minimum atomic E-state index is -0.0981. The number of likely N-dealkylation sites (tertiary alicyclic amines) is 1. The molecule has 1 aliphatic heterocycles. The highest BCUT2D eigenvalue weighted by atomic mass is 35.5. The Morgan fingerprint density at radius 2 is 1.89 bits per heavy atom. The third-order valence-corrected chi connectivity index (χ3v) is 5.52. The smallest absolute Gasteiger partial charge is 0.324 e. The van der Waals surface area contributed by atoms with Crippen LogP contribution in [0.15, 0.2) is 54.6 Å². The molecule has 142 valence electrons. The molecule has 2 aromatic rings. The second-order valence-electron chi connectivity index (χ2n) is 7.27. The number of benzene rings is 2. The molecule has 1 unspecified atom stereocenters. The monoisotopic (exact) mass is 386 g/mol. The molecular weight excluding hydrogens is 360 g/mol. The van der Waals surface area contributed by atoms with Crippen molar-refractivity contribution in [1.29, 1.82) is 0 Å². The van der Waals surface area contributed by atoms with Crippen molar-refractivity contribution >= 4 is 29.2 Å². The minimum absolute atomic E-state index is 0.0797. The lowest BCUT2D eigenvalue weighted by Crippen LogP contribution is -2.70. The van der Waals surface area contributed by atoms with Gasteiger partial charge in [-0.2, -0.15) is 0 Å². The second-order valence-corrected chi connectivity index (χ2v) is 7.70. The summed E-state index contributed by atoms with van der Waals surface area (Å²) < 4.78 is 0. The van der Waals surface area contributed by atoms with Gasteiger partial charge in [-0.15, -0.1) is 0 Å². The maximum atomic E-state index is 12.8. The van der Waals surface area contributed by atoms with E-state index in [0.29, 0.717) is 17.4 Å². The van der Waals surface area contributed by atoms with Crippen LogP contribution < -0.4 is 16.5 Å². The second kappa shape index (κ2) is 8.55. The SMILES string of the molecule is [NH2+]=C([NH3+])CCC1(c2ccccc2)CCCN(C(=O)Nc2ccc(Cl)cc2)C1. The van der Waals surface area contributed by atoms with Gasteiger partial charge in [-0.3, -0.25) is 5.73 Å². The summed E-state index contributed by atoms with van der Waals surface area (Å²) in [5, 5.41) is 9.49. The van der Waals surface area contributed by atoms with Gasteiger partial charge in [0.1, 0.15) is 0 Å². The zero-order valence-corrected chi connectivity index (χ0v) is 16.2. The van der Waals surface area contributed by atoms with E-state index >= 15 is 0 Å². The van der Waals surface area contributed by atoms with Gasteiger partial charge < -0.3 is 10.2 Å². The molecule has 0 saturated carbocycles. The summed E-state index contributed by atoms with van der Waals surface area (Å²) in [4.78, 5) is 14.8. The van der Waals surface area contributed by atoms with Gasteiger partial charge in [0.15, 0.2) is 0 Å². The predicted molar refractivity (Wildman–Crippen MR) is 108 cm³/mol. The van der Waals surface area contributed by atoms with E-state index in [1.807, 2.05) is 23.1 Å². The molecule has 1 saturated heterocycles. The third kappa shape index (κ3) is 4.87. The van der Waals surface area contributed by atoms with Crippen LogP contribution in [0.5, 0.6) is 0 Å². The first-order valence-corrected chi connectivity index (χ1v) is 9.67. The van der Waals surface area contributed by atoms with Gasteiger partial charge in [0.2, 0.25) is 0 Å². The van der Waals surface area contributed by atoms with Gasteiger partial charge in [0.25, 0.3) is 0 Å². The van der Waals surface area contributed by atoms with Crippen LogP contribution in [0.25, 0.3) is 0 Å². The van der Waals surface area contributed by atoms with Gasteiger partial charge in [-0.05, 0) is 49.1 Å². The maximum absolute atomic E-state index is 12.8. The topological polar surface area (TPSA) is 85.6 Å². The molecule has 1 heterocycles. The van der Waals surface area contributed by atoms with Crippen molar-refractivity contribution in [2.45, 2.75) is 31.1 Å². The van der Waals surface area contributed by atoms with E-state index in [-0.39, 0.29) is 11.4 Å². The summed E-state index contributed by atoms with van der Waals surface area (Å²) in [6.07, 6.45) is 3.63. The fourth-order valence-electron chi connectivity index (χ4n) is 3.82. The first kappa shape index (κ1) is 19.4. The van der Waals surface area contributed by atoms with Crippen molar-refractivity contribution in [2.24, 2.45) is 0 Å². The van der Waals surface area contributed by atoms with Gasteiger partial charge in [0.05, 0.1) is 6.42 Å². The summed E-state index contributed by atoms with van der Waals surface area (Å²) in [6.45, 7) is 1.42. The summed E-state index contributed by atoms with van der Waals surface area (Å²) in [6, 6.07) is 17.5. The van der Waals surface area contributed by atoms with Crippen molar-refractivity contribution in [3.05, 3.63) is 65.2 Å². The number of nitrogens with one attached hydrogen (secondary N) is 1. The number of anilines is 1. The summed E-state index contributed by atoms with van der Waals surface area (Å²) in [5.41, 5.74) is 5.76. The van der Waals surface area contributed by atoms with Crippen molar-refractivity contribution in [1.82, 2.24) is 4.90 Å². The molecule has 0 radical (unpaired) electrons. The lowest BCUT2D eigenvalue weighted by molar-refractivity contribution is -0.306. The number of carbonyl (C=O) groups excluding carboxylic acids is 1. The summed E-state index contributed by atoms with van der Waals surface area (Å²) in [5.74, 6) is 0.688. The number of amidine groups is 1. The van der Waals surface area contributed by atoms with Gasteiger partial charge in [-0.1, -0.05) is 41.9 Å². The van der Waals surface area contributed by atoms with Crippen LogP contribution in [0.1, 0.15) is 31.2 Å². The molecule has 2 aromatic carbocycles. The number of carbonyl (C=O) groups is 1. The summed E-state index contributed by atoms with van der Waals surface area (Å²) in [7, 11) is 0. The van der Waals surface area contributed by atoms with E-state index in [4.69, 9.17) is 17.0 Å². The number of rotatable bonds is 5. The number of hydrogen-bond donors (Lipinski definition) is 3. The zero-order chi connectivity index (χ0) is 19.3. The normalized spacial score (nSPS) is 19.6. The molecule has 5 nitrogen and oxygen atoms in total. The molecule has 2 amide bonds. The van der Waals surface area contributed by atoms with Crippen LogP contribution in [0.2, 0.25) is 5.02 Å². The Hall–Kier alpha value is -2.37. The number of piperidine rings is 1. The number of halogens is 1. The Balaban J connectivity index is 1.78. The fourth-order valence-corrected chi connectivity index (χ4v) is 3.94. The first-order chi connectivity index (χ1) is 13.0. The number of nitrogens with two attached hydrogens (primary N) is 1. The minimum Gasteiger partial charge on any atom is -0.324 e. The number of hydrogen-bond acceptors (Lipinski definition) is 1. The fraction of sp³-hybridized carbons (Fsp3) is 0.333. The van der Waals surface area contributed by atoms with Crippen molar-refractivity contribution in [2.75, 3.05) is 18.4 Å². The lowest BCUT2D eigenvalue weighted by Gasteiger charge is -2.43. The number of quaternary nitrogens is 1. The highest BCUT2D eigenvalue weighted by Gasteiger charge is 2.39. The number of nitrogens with zero attached hydrogens (tertiary/aromatic N) is 1. The van der Waals surface area contributed by atoms with E-state index in [1.165, 1.54) is 5.56 Å². The quantitative estimate of drug-likeness (QED) is 0.533. The average Bonchev–Trinajstić information content (AvgIpc) is 2.69. The van der Waals surface area contributed by atoms with Crippen LogP contribution >= 0.6 is 11.6 Å². The molecule has 0 spiro atoms. The van der Waals surface area contributed by atoms with Gasteiger partial charge >= 0.3 is 11.9 Å². The lowest BCUT2D eigenvalue weighted by atomic mass is 9.71. The maximum Gasteiger partial charge on any atom is 0.329 e. The largest absolute Gasteiger partial charge is 0.329 e. The molecule has 0 aromatic heterocycles. The Labute approximate surface area is 165 Å². The molecule has 1 fully saturated rings. The van der Waals surface area contributed by atoms with Crippen LogP contribution in [-0.2, 0) is 5.41 Å². The molecular formula is C21H27ClN4O+2. The van der Waals surface area contributed by atoms with Crippen molar-refractivity contribution in [3.8, 4) is 0 Å². The Morgan fingerprint density at radius 3 is 2.56 bits per heavy atom. The molecule has 3 rings (SSSR count). The van der Waals surface area contributed by atoms with E-state index < -0.39 is 0 Å². The third-order valence-electron chi connectivity index (χ3n) is 5.27. The molecule has 0 aliphatic carbocycles. The molecule has 6 N–H and O–H groups in total. The van der Waals surface area contributed by atoms with Gasteiger partial charge in [-0.25, -0.2) is 10.2 Å². The van der Waals surface area contributed by atoms with Crippen LogP contribution in [0.3, 0.4) is 0 Å². The van der Waals surface area contributed by atoms with E-state index in [9.17, 15) is 4.79 Å². The summed E-state index contributed by atoms with van der Waals surface area (Å²) >= 11 is 5.92. The molecule has 0 bridgehead atoms. The highest BCUT2D eigenvalue weighted by molar-refractivity contribution is 6.30. The van der Waals surface area contributed by atoms with Crippen LogP contribution in [-0.4, -0.2) is 29.9 Å². The highest BCUT2D eigenvalue weighted by Crippen LogP contribution is 2.38. The van der Waals surface area contributed by atoms with E-state index in [2.05, 4.69) is 35.3 Å². The molecule has 1 atom stereocenters. The molecule has 27 heavy (non-hydrogen) atoms. The standard InChI is InChI=1S/C21H25ClN4O/c22-17-7-9-18(10-8-17)25-20(27)26-14-4-12-21(15-26,13-11-19(23)24)16-5-2-1-3-6-16/h1-3,5-10H,4,11-15H2,(H3,23,24)(H,25,27)/p+2. The van der Waals surface area contributed by atoms with Crippen LogP contribution in [0, 0.1) is 0 Å². The Morgan fingerprint density at radius 1 is 1.19 bits per heavy atom. The number of amides is 2. The zero-order valence-electron chi connectivity index (χ0n) is 15.5. The Bertz CT molecular complexity index is 794.